The molecule has 1 aromatic heterocycles. The monoisotopic (exact) mass is 268 g/mol. The molecule has 0 aliphatic rings. The summed E-state index contributed by atoms with van der Waals surface area (Å²) in [5.74, 6) is 1.47. The molecule has 0 amide bonds. The summed E-state index contributed by atoms with van der Waals surface area (Å²) in [4.78, 5) is 4.32. The summed E-state index contributed by atoms with van der Waals surface area (Å²) in [5, 5.41) is 7.73. The minimum absolute atomic E-state index is 0.202. The Balaban J connectivity index is 2.76. The first-order valence-corrected chi connectivity index (χ1v) is 7.27. The van der Waals surface area contributed by atoms with Crippen LogP contribution < -0.4 is 5.32 Å². The Morgan fingerprint density at radius 3 is 2.58 bits per heavy atom. The maximum absolute atomic E-state index is 5.93. The van der Waals surface area contributed by atoms with Crippen LogP contribution in [0.4, 0.5) is 0 Å². The molecule has 0 saturated carbocycles. The molecule has 0 aliphatic carbocycles. The number of ether oxygens (including phenoxy) is 1. The molecule has 1 N–H and O–H groups in total. The summed E-state index contributed by atoms with van der Waals surface area (Å²) in [6.07, 6.45) is 3.77. The Bertz CT molecular complexity index is 351. The molecule has 5 heteroatoms. The van der Waals surface area contributed by atoms with Gasteiger partial charge in [0.15, 0.2) is 0 Å². The molecule has 0 saturated heterocycles. The second kappa shape index (κ2) is 8.27. The summed E-state index contributed by atoms with van der Waals surface area (Å²) in [6, 6.07) is 0.280. The van der Waals surface area contributed by atoms with E-state index < -0.39 is 0 Å². The molecular formula is C14H28N4O. The topological polar surface area (TPSA) is 52.0 Å². The van der Waals surface area contributed by atoms with Gasteiger partial charge in [-0.25, -0.2) is 4.98 Å². The van der Waals surface area contributed by atoms with Crippen molar-refractivity contribution in [3.05, 3.63) is 12.2 Å². The SMILES string of the molecule is CCCNC(Cc1ncnn1C)C(OCC)C(C)C. The molecule has 0 aromatic carbocycles. The Hall–Kier alpha value is -0.940. The second-order valence-electron chi connectivity index (χ2n) is 5.23. The van der Waals surface area contributed by atoms with E-state index in [1.807, 2.05) is 11.7 Å². The molecule has 1 heterocycles. The zero-order chi connectivity index (χ0) is 14.3. The minimum Gasteiger partial charge on any atom is -0.377 e. The molecule has 110 valence electrons. The summed E-state index contributed by atoms with van der Waals surface area (Å²) in [6.45, 7) is 10.4. The maximum Gasteiger partial charge on any atom is 0.138 e. The predicted molar refractivity (Wildman–Crippen MR) is 77.0 cm³/mol. The molecule has 1 rings (SSSR count). The average Bonchev–Trinajstić information content (AvgIpc) is 2.77. The van der Waals surface area contributed by atoms with Crippen LogP contribution in [0.2, 0.25) is 0 Å². The average molecular weight is 268 g/mol. The second-order valence-corrected chi connectivity index (χ2v) is 5.23. The van der Waals surface area contributed by atoms with Crippen LogP contribution in [0.1, 0.15) is 39.9 Å². The Morgan fingerprint density at radius 2 is 2.11 bits per heavy atom. The number of rotatable bonds is 9. The zero-order valence-electron chi connectivity index (χ0n) is 12.9. The highest BCUT2D eigenvalue weighted by Crippen LogP contribution is 2.15. The van der Waals surface area contributed by atoms with Gasteiger partial charge in [-0.3, -0.25) is 4.68 Å². The van der Waals surface area contributed by atoms with E-state index in [2.05, 4.69) is 43.1 Å². The lowest BCUT2D eigenvalue weighted by molar-refractivity contribution is 0.00300. The van der Waals surface area contributed by atoms with Crippen molar-refractivity contribution in [1.29, 1.82) is 0 Å². The molecule has 2 unspecified atom stereocenters. The lowest BCUT2D eigenvalue weighted by Crippen LogP contribution is -2.46. The Labute approximate surface area is 116 Å². The van der Waals surface area contributed by atoms with Crippen molar-refractivity contribution in [3.63, 3.8) is 0 Å². The maximum atomic E-state index is 5.93. The standard InChI is InChI=1S/C14H28N4O/c1-6-8-15-12(14(11(3)4)19-7-2)9-13-16-10-17-18(13)5/h10-12,14-15H,6-9H2,1-5H3. The van der Waals surface area contributed by atoms with Gasteiger partial charge in [0.25, 0.3) is 0 Å². The fraction of sp³-hybridized carbons (Fsp3) is 0.857. The Morgan fingerprint density at radius 1 is 1.37 bits per heavy atom. The molecule has 5 nitrogen and oxygen atoms in total. The van der Waals surface area contributed by atoms with E-state index in [0.29, 0.717) is 5.92 Å². The van der Waals surface area contributed by atoms with Crippen molar-refractivity contribution in [1.82, 2.24) is 20.1 Å². The number of hydrogen-bond donors (Lipinski definition) is 1. The van der Waals surface area contributed by atoms with Gasteiger partial charge in [-0.15, -0.1) is 0 Å². The summed E-state index contributed by atoms with van der Waals surface area (Å²) in [5.41, 5.74) is 0. The van der Waals surface area contributed by atoms with Gasteiger partial charge in [-0.2, -0.15) is 5.10 Å². The molecule has 0 bridgehead atoms. The summed E-state index contributed by atoms with van der Waals surface area (Å²) < 4.78 is 7.77. The first kappa shape index (κ1) is 16.1. The minimum atomic E-state index is 0.202. The quantitative estimate of drug-likeness (QED) is 0.742. The molecular weight excluding hydrogens is 240 g/mol. The van der Waals surface area contributed by atoms with Crippen LogP contribution in [0.25, 0.3) is 0 Å². The largest absolute Gasteiger partial charge is 0.377 e. The van der Waals surface area contributed by atoms with Crippen molar-refractivity contribution in [2.45, 2.75) is 52.7 Å². The van der Waals surface area contributed by atoms with Crippen LogP contribution in [0.15, 0.2) is 6.33 Å². The van der Waals surface area contributed by atoms with Gasteiger partial charge in [0.05, 0.1) is 6.10 Å². The van der Waals surface area contributed by atoms with Crippen LogP contribution in [-0.2, 0) is 18.2 Å². The summed E-state index contributed by atoms with van der Waals surface area (Å²) >= 11 is 0. The number of hydrogen-bond acceptors (Lipinski definition) is 4. The predicted octanol–water partition coefficient (Wildman–Crippen LogP) is 1.79. The van der Waals surface area contributed by atoms with E-state index in [4.69, 9.17) is 4.74 Å². The van der Waals surface area contributed by atoms with Gasteiger partial charge in [0.1, 0.15) is 12.2 Å². The highest BCUT2D eigenvalue weighted by Gasteiger charge is 2.26. The van der Waals surface area contributed by atoms with Gasteiger partial charge in [0.2, 0.25) is 0 Å². The first-order valence-electron chi connectivity index (χ1n) is 7.27. The lowest BCUT2D eigenvalue weighted by atomic mass is 9.96. The van der Waals surface area contributed by atoms with E-state index in [1.54, 1.807) is 6.33 Å². The van der Waals surface area contributed by atoms with E-state index >= 15 is 0 Å². The van der Waals surface area contributed by atoms with Crippen molar-refractivity contribution in [2.24, 2.45) is 13.0 Å². The molecule has 2 atom stereocenters. The molecule has 19 heavy (non-hydrogen) atoms. The van der Waals surface area contributed by atoms with Crippen molar-refractivity contribution < 1.29 is 4.74 Å². The number of aryl methyl sites for hydroxylation is 1. The molecule has 0 radical (unpaired) electrons. The fourth-order valence-electron chi connectivity index (χ4n) is 2.30. The zero-order valence-corrected chi connectivity index (χ0v) is 12.9. The molecule has 0 spiro atoms. The van der Waals surface area contributed by atoms with E-state index in [-0.39, 0.29) is 12.1 Å². The van der Waals surface area contributed by atoms with E-state index in [9.17, 15) is 0 Å². The van der Waals surface area contributed by atoms with Crippen molar-refractivity contribution in [3.8, 4) is 0 Å². The van der Waals surface area contributed by atoms with Gasteiger partial charge < -0.3 is 10.1 Å². The first-order chi connectivity index (χ1) is 9.10. The van der Waals surface area contributed by atoms with Crippen molar-refractivity contribution in [2.75, 3.05) is 13.2 Å². The highest BCUT2D eigenvalue weighted by molar-refractivity contribution is 4.93. The summed E-state index contributed by atoms with van der Waals surface area (Å²) in [7, 11) is 1.93. The van der Waals surface area contributed by atoms with Crippen LogP contribution in [0.5, 0.6) is 0 Å². The number of nitrogens with zero attached hydrogens (tertiary/aromatic N) is 3. The van der Waals surface area contributed by atoms with Gasteiger partial charge in [0, 0.05) is 26.1 Å². The number of nitrogens with one attached hydrogen (secondary N) is 1. The van der Waals surface area contributed by atoms with Gasteiger partial charge in [-0.05, 0) is 25.8 Å². The molecule has 0 fully saturated rings. The Kier molecular flexibility index (Phi) is 7.02. The van der Waals surface area contributed by atoms with Gasteiger partial charge >= 0.3 is 0 Å². The molecule has 1 aromatic rings. The van der Waals surface area contributed by atoms with Crippen LogP contribution in [0, 0.1) is 5.92 Å². The van der Waals surface area contributed by atoms with Crippen LogP contribution in [0.3, 0.4) is 0 Å². The smallest absolute Gasteiger partial charge is 0.138 e. The fourth-order valence-corrected chi connectivity index (χ4v) is 2.30. The third-order valence-electron chi connectivity index (χ3n) is 3.28. The number of aromatic nitrogens is 3. The van der Waals surface area contributed by atoms with Crippen LogP contribution in [-0.4, -0.2) is 40.1 Å². The third-order valence-corrected chi connectivity index (χ3v) is 3.28. The van der Waals surface area contributed by atoms with Gasteiger partial charge in [-0.1, -0.05) is 20.8 Å². The molecule has 0 aliphatic heterocycles. The van der Waals surface area contributed by atoms with E-state index in [1.165, 1.54) is 0 Å². The lowest BCUT2D eigenvalue weighted by Gasteiger charge is -2.30. The van der Waals surface area contributed by atoms with E-state index in [0.717, 1.165) is 31.8 Å². The third kappa shape index (κ3) is 4.91. The normalized spacial score (nSPS) is 14.8. The van der Waals surface area contributed by atoms with Crippen LogP contribution >= 0.6 is 0 Å². The van der Waals surface area contributed by atoms with Crippen molar-refractivity contribution >= 4 is 0 Å². The highest BCUT2D eigenvalue weighted by atomic mass is 16.5.